The molecule has 36 heavy (non-hydrogen) atoms. The Labute approximate surface area is 211 Å². The van der Waals surface area contributed by atoms with Crippen LogP contribution in [0.5, 0.6) is 0 Å². The van der Waals surface area contributed by atoms with Gasteiger partial charge in [-0.1, -0.05) is 42.1 Å². The van der Waals surface area contributed by atoms with E-state index in [0.717, 1.165) is 17.3 Å². The number of benzene rings is 1. The molecular weight excluding hydrogens is 510 g/mol. The number of fused-ring (bicyclic) bond motifs is 1. The van der Waals surface area contributed by atoms with Gasteiger partial charge in [0.15, 0.2) is 0 Å². The summed E-state index contributed by atoms with van der Waals surface area (Å²) < 4.78 is 0. The van der Waals surface area contributed by atoms with Gasteiger partial charge in [0.25, 0.3) is 0 Å². The van der Waals surface area contributed by atoms with Gasteiger partial charge in [-0.2, -0.15) is 0 Å². The van der Waals surface area contributed by atoms with Gasteiger partial charge in [-0.05, 0) is 26.4 Å². The minimum absolute atomic E-state index is 0.0645. The third-order valence-corrected chi connectivity index (χ3v) is 9.16. The smallest absolute Gasteiger partial charge is 0.315 e. The molecule has 0 spiro atoms. The Bertz CT molecular complexity index is 1190. The monoisotopic (exact) mass is 531 g/mol. The van der Waals surface area contributed by atoms with Gasteiger partial charge >= 0.3 is 5.97 Å². The zero-order valence-corrected chi connectivity index (χ0v) is 20.1. The van der Waals surface area contributed by atoms with Crippen molar-refractivity contribution in [2.75, 3.05) is 13.1 Å². The first-order valence-corrected chi connectivity index (χ1v) is 12.6. The Balaban J connectivity index is 1.55. The molecule has 2 aliphatic heterocycles. The van der Waals surface area contributed by atoms with Gasteiger partial charge in [-0.3, -0.25) is 14.4 Å². The fourth-order valence-corrected chi connectivity index (χ4v) is 7.61. The minimum atomic E-state index is -1.67. The molecule has 2 aliphatic rings. The lowest BCUT2D eigenvalue weighted by Crippen LogP contribution is -2.72. The molecule has 2 amide bonds. The van der Waals surface area contributed by atoms with Crippen molar-refractivity contribution in [3.63, 3.8) is 0 Å². The number of carbonyl (C=O) groups is 3. The van der Waals surface area contributed by atoms with Crippen LogP contribution >= 0.6 is 23.5 Å². The Kier molecular flexibility index (Phi) is 6.59. The third kappa shape index (κ3) is 4.18. The molecule has 0 bridgehead atoms. The lowest BCUT2D eigenvalue weighted by atomic mass is 9.78. The van der Waals surface area contributed by atoms with Crippen molar-refractivity contribution in [3.8, 4) is 0 Å². The first-order chi connectivity index (χ1) is 17.4. The fraction of sp³-hybridized carbons (Fsp3) is 0.421. The van der Waals surface area contributed by atoms with Gasteiger partial charge < -0.3 is 21.1 Å². The molecule has 1 aromatic carbocycles. The van der Waals surface area contributed by atoms with Gasteiger partial charge in [0, 0.05) is 18.2 Å². The molecule has 4 heterocycles. The molecule has 6 N–H and O–H groups in total. The summed E-state index contributed by atoms with van der Waals surface area (Å²) in [4.78, 5) is 40.4. The minimum Gasteiger partial charge on any atom is -0.481 e. The van der Waals surface area contributed by atoms with Crippen molar-refractivity contribution in [2.45, 2.75) is 33.5 Å². The number of aromatic nitrogens is 8. The van der Waals surface area contributed by atoms with E-state index in [9.17, 15) is 19.5 Å². The average Bonchev–Trinajstić information content (AvgIpc) is 3.59. The molecule has 2 fully saturated rings. The number of nitrogens with zero attached hydrogens (tertiary/aromatic N) is 7. The highest BCUT2D eigenvalue weighted by Gasteiger charge is 2.64. The van der Waals surface area contributed by atoms with Crippen LogP contribution in [0.15, 0.2) is 35.5 Å². The summed E-state index contributed by atoms with van der Waals surface area (Å²) in [5.41, 5.74) is 4.72. The molecule has 2 aromatic heterocycles. The number of aliphatic carboxylic acids is 1. The number of thioether (sulfide) groups is 2. The highest BCUT2D eigenvalue weighted by atomic mass is 32.2. The maximum Gasteiger partial charge on any atom is 0.315 e. The topological polar surface area (TPSA) is 222 Å². The van der Waals surface area contributed by atoms with Crippen molar-refractivity contribution in [1.29, 1.82) is 0 Å². The van der Waals surface area contributed by atoms with E-state index in [-0.39, 0.29) is 35.9 Å². The van der Waals surface area contributed by atoms with Gasteiger partial charge in [-0.25, -0.2) is 10.2 Å². The second kappa shape index (κ2) is 9.82. The summed E-state index contributed by atoms with van der Waals surface area (Å²) in [7, 11) is 0. The average molecular weight is 532 g/mol. The predicted molar refractivity (Wildman–Crippen MR) is 125 cm³/mol. The molecule has 0 saturated carbocycles. The molecule has 0 aliphatic carbocycles. The number of β-lactam (4-membered cyclic amide) rings is 1. The third-order valence-electron chi connectivity index (χ3n) is 6.27. The quantitative estimate of drug-likeness (QED) is 0.158. The highest BCUT2D eigenvalue weighted by Crippen LogP contribution is 2.55. The van der Waals surface area contributed by atoms with Crippen LogP contribution in [-0.2, 0) is 20.8 Å². The number of hydrogen-bond donors (Lipinski definition) is 5. The van der Waals surface area contributed by atoms with E-state index < -0.39 is 33.8 Å². The van der Waals surface area contributed by atoms with Crippen LogP contribution in [0.2, 0.25) is 0 Å². The van der Waals surface area contributed by atoms with E-state index in [1.807, 2.05) is 30.3 Å². The van der Waals surface area contributed by atoms with E-state index >= 15 is 0 Å². The first kappa shape index (κ1) is 24.1. The fourth-order valence-electron chi connectivity index (χ4n) is 4.50. The Hall–Kier alpha value is -3.57. The van der Waals surface area contributed by atoms with Crippen molar-refractivity contribution in [1.82, 2.24) is 51.5 Å². The van der Waals surface area contributed by atoms with E-state index in [1.165, 1.54) is 11.8 Å². The first-order valence-electron chi connectivity index (χ1n) is 10.8. The summed E-state index contributed by atoms with van der Waals surface area (Å²) in [6.07, 6.45) is 0.0645. The lowest BCUT2D eigenvalue weighted by molar-refractivity contribution is -0.159. The zero-order valence-electron chi connectivity index (χ0n) is 18.5. The van der Waals surface area contributed by atoms with Crippen LogP contribution in [0.3, 0.4) is 0 Å². The van der Waals surface area contributed by atoms with Crippen LogP contribution in [-0.4, -0.2) is 98.1 Å². The van der Waals surface area contributed by atoms with Gasteiger partial charge in [0.2, 0.25) is 17.0 Å². The van der Waals surface area contributed by atoms with E-state index in [1.54, 1.807) is 4.90 Å². The number of nitrogens with one attached hydrogen (secondary N) is 3. The molecule has 17 heteroatoms. The number of rotatable bonds is 9. The van der Waals surface area contributed by atoms with Crippen LogP contribution < -0.4 is 11.1 Å². The van der Waals surface area contributed by atoms with Crippen molar-refractivity contribution < 1.29 is 19.5 Å². The molecule has 15 nitrogen and oxygen atoms in total. The molecule has 188 valence electrons. The number of nitrogens with two attached hydrogens (primary N) is 1. The number of tetrazole rings is 2. The standard InChI is InChI=1S/C19H21N11O4S2/c20-7-12(31)21-16-19(17(33)34,10(6-11-22-26-27-23-11)35-18-24-28-29-25-18)8-30-14(32)13(15(30)36-16)9-4-2-1-3-5-9/h1-5,10,13,15-16H,6-8,20H2,(H,21,31)(H,33,34)(H,22,23,26,27)(H,24,25,28,29)/t10?,13?,15-,16?,19?/m1/s1. The maximum atomic E-state index is 13.3. The number of carbonyl (C=O) groups excluding carboxylic acids is 2. The van der Waals surface area contributed by atoms with Crippen molar-refractivity contribution in [2.24, 2.45) is 11.1 Å². The highest BCUT2D eigenvalue weighted by molar-refractivity contribution is 8.01. The molecule has 5 rings (SSSR count). The molecule has 5 atom stereocenters. The number of H-pyrrole nitrogens is 2. The number of aromatic amines is 2. The van der Waals surface area contributed by atoms with Crippen molar-refractivity contribution in [3.05, 3.63) is 41.7 Å². The van der Waals surface area contributed by atoms with E-state index in [2.05, 4.69) is 46.6 Å². The second-order valence-corrected chi connectivity index (χ2v) is 10.7. The molecule has 2 saturated heterocycles. The van der Waals surface area contributed by atoms with Crippen LogP contribution in [0.1, 0.15) is 17.3 Å². The van der Waals surface area contributed by atoms with Crippen molar-refractivity contribution >= 4 is 41.3 Å². The van der Waals surface area contributed by atoms with Gasteiger partial charge in [0.05, 0.1) is 23.2 Å². The summed E-state index contributed by atoms with van der Waals surface area (Å²) in [5, 5.41) is 39.0. The zero-order chi connectivity index (χ0) is 25.3. The van der Waals surface area contributed by atoms with E-state index in [4.69, 9.17) is 5.73 Å². The summed E-state index contributed by atoms with van der Waals surface area (Å²) in [6.45, 7) is -0.476. The van der Waals surface area contributed by atoms with Crippen LogP contribution in [0.4, 0.5) is 0 Å². The van der Waals surface area contributed by atoms with E-state index in [0.29, 0.717) is 5.82 Å². The molecule has 0 radical (unpaired) electrons. The summed E-state index contributed by atoms with van der Waals surface area (Å²) in [6, 6.07) is 9.27. The molecule has 3 aromatic rings. The predicted octanol–water partition coefficient (Wildman–Crippen LogP) is -1.41. The second-order valence-electron chi connectivity index (χ2n) is 8.24. The number of carboxylic acid groups (broad SMARTS) is 1. The Morgan fingerprint density at radius 3 is 2.64 bits per heavy atom. The number of carboxylic acids is 1. The number of hydrogen-bond acceptors (Lipinski definition) is 12. The maximum absolute atomic E-state index is 13.3. The van der Waals surface area contributed by atoms with Crippen LogP contribution in [0.25, 0.3) is 0 Å². The summed E-state index contributed by atoms with van der Waals surface area (Å²) >= 11 is 2.29. The molecular formula is C19H21N11O4S2. The molecule has 4 unspecified atom stereocenters. The largest absolute Gasteiger partial charge is 0.481 e. The van der Waals surface area contributed by atoms with Gasteiger partial charge in [0.1, 0.15) is 11.2 Å². The van der Waals surface area contributed by atoms with Crippen LogP contribution in [0, 0.1) is 5.41 Å². The SMILES string of the molecule is NCC(=O)NC1S[C@@H]2C(c3ccccc3)C(=O)N2CC1(C(=O)O)C(Cc1nnn[nH]1)Sc1nnn[nH]1. The number of amides is 2. The Morgan fingerprint density at radius 1 is 1.25 bits per heavy atom. The summed E-state index contributed by atoms with van der Waals surface area (Å²) in [5.74, 6) is -2.03. The normalized spacial score (nSPS) is 26.1. The van der Waals surface area contributed by atoms with Gasteiger partial charge in [-0.15, -0.1) is 22.0 Å². The lowest BCUT2D eigenvalue weighted by Gasteiger charge is -2.58. The Morgan fingerprint density at radius 2 is 2.00 bits per heavy atom.